The summed E-state index contributed by atoms with van der Waals surface area (Å²) in [5.41, 5.74) is 1.93. The summed E-state index contributed by atoms with van der Waals surface area (Å²) in [7, 11) is 1.76. The summed E-state index contributed by atoms with van der Waals surface area (Å²) < 4.78 is 0. The van der Waals surface area contributed by atoms with Crippen LogP contribution in [-0.2, 0) is 11.3 Å². The summed E-state index contributed by atoms with van der Waals surface area (Å²) in [6.45, 7) is 5.62. The van der Waals surface area contributed by atoms with Gasteiger partial charge in [0.05, 0.1) is 0 Å². The third-order valence-corrected chi connectivity index (χ3v) is 3.70. The predicted molar refractivity (Wildman–Crippen MR) is 101 cm³/mol. The minimum atomic E-state index is 0.0552. The van der Waals surface area contributed by atoms with Crippen LogP contribution in [-0.4, -0.2) is 37.5 Å². The largest absolute Gasteiger partial charge is 0.356 e. The minimum Gasteiger partial charge on any atom is -0.356 e. The van der Waals surface area contributed by atoms with Gasteiger partial charge in [-0.2, -0.15) is 11.8 Å². The number of rotatable bonds is 8. The number of carbonyl (C=O) groups is 1. The number of thioether (sulfide) groups is 1. The van der Waals surface area contributed by atoms with E-state index in [4.69, 9.17) is 0 Å². The summed E-state index contributed by atoms with van der Waals surface area (Å²) in [5.74, 6) is 2.24. The van der Waals surface area contributed by atoms with Gasteiger partial charge in [-0.1, -0.05) is 26.0 Å². The Morgan fingerprint density at radius 2 is 2.09 bits per heavy atom. The molecule has 0 saturated carbocycles. The average Bonchev–Trinajstić information content (AvgIpc) is 2.50. The molecule has 128 valence electrons. The normalized spacial score (nSPS) is 11.4. The van der Waals surface area contributed by atoms with Crippen LogP contribution in [0.5, 0.6) is 0 Å². The molecule has 0 atom stereocenters. The van der Waals surface area contributed by atoms with Gasteiger partial charge in [-0.3, -0.25) is 9.79 Å². The summed E-state index contributed by atoms with van der Waals surface area (Å²) in [4.78, 5) is 16.0. The van der Waals surface area contributed by atoms with Gasteiger partial charge in [0.15, 0.2) is 5.96 Å². The summed E-state index contributed by atoms with van der Waals surface area (Å²) in [5, 5.41) is 9.47. The number of hydrogen-bond donors (Lipinski definition) is 3. The van der Waals surface area contributed by atoms with Crippen molar-refractivity contribution in [3.05, 3.63) is 29.8 Å². The summed E-state index contributed by atoms with van der Waals surface area (Å²) in [6, 6.07) is 7.87. The molecule has 0 saturated heterocycles. The van der Waals surface area contributed by atoms with Crippen molar-refractivity contribution in [2.75, 3.05) is 30.9 Å². The molecule has 1 rings (SSSR count). The molecule has 0 heterocycles. The van der Waals surface area contributed by atoms with Gasteiger partial charge in [-0.15, -0.1) is 0 Å². The molecule has 23 heavy (non-hydrogen) atoms. The first-order chi connectivity index (χ1) is 11.0. The van der Waals surface area contributed by atoms with Crippen molar-refractivity contribution in [3.8, 4) is 0 Å². The van der Waals surface area contributed by atoms with Crippen molar-refractivity contribution < 1.29 is 4.79 Å². The highest BCUT2D eigenvalue weighted by atomic mass is 32.2. The highest BCUT2D eigenvalue weighted by Gasteiger charge is 2.06. The fourth-order valence-electron chi connectivity index (χ4n) is 2.02. The molecule has 1 aromatic carbocycles. The lowest BCUT2D eigenvalue weighted by atomic mass is 10.1. The van der Waals surface area contributed by atoms with Gasteiger partial charge < -0.3 is 16.0 Å². The molecular weight excluding hydrogens is 308 g/mol. The van der Waals surface area contributed by atoms with Crippen LogP contribution in [0.4, 0.5) is 5.69 Å². The quantitative estimate of drug-likeness (QED) is 0.388. The van der Waals surface area contributed by atoms with Crippen molar-refractivity contribution in [1.82, 2.24) is 10.6 Å². The number of amides is 1. The van der Waals surface area contributed by atoms with Crippen LogP contribution in [0.1, 0.15) is 25.8 Å². The topological polar surface area (TPSA) is 65.5 Å². The zero-order valence-electron chi connectivity index (χ0n) is 14.5. The smallest absolute Gasteiger partial charge is 0.224 e. The summed E-state index contributed by atoms with van der Waals surface area (Å²) in [6.07, 6.45) is 2.62. The Bertz CT molecular complexity index is 517. The van der Waals surface area contributed by atoms with Crippen molar-refractivity contribution in [1.29, 1.82) is 0 Å². The van der Waals surface area contributed by atoms with E-state index in [0.717, 1.165) is 29.5 Å². The second-order valence-corrected chi connectivity index (χ2v) is 6.68. The first kappa shape index (κ1) is 19.4. The van der Waals surface area contributed by atoms with Crippen molar-refractivity contribution in [3.63, 3.8) is 0 Å². The maximum Gasteiger partial charge on any atom is 0.224 e. The highest BCUT2D eigenvalue weighted by Crippen LogP contribution is 2.12. The molecule has 0 radical (unpaired) electrons. The van der Waals surface area contributed by atoms with E-state index >= 15 is 0 Å². The van der Waals surface area contributed by atoms with Crippen LogP contribution >= 0.6 is 11.8 Å². The van der Waals surface area contributed by atoms with Gasteiger partial charge in [0, 0.05) is 38.0 Å². The van der Waals surface area contributed by atoms with Gasteiger partial charge in [0.25, 0.3) is 0 Å². The number of hydrogen-bond acceptors (Lipinski definition) is 3. The fraction of sp³-hybridized carbons (Fsp3) is 0.529. The molecule has 0 aliphatic carbocycles. The Hall–Kier alpha value is -1.69. The van der Waals surface area contributed by atoms with Crippen molar-refractivity contribution >= 4 is 29.3 Å². The highest BCUT2D eigenvalue weighted by molar-refractivity contribution is 7.98. The number of aliphatic imine (C=N–C) groups is 1. The molecule has 0 aliphatic rings. The average molecular weight is 337 g/mol. The summed E-state index contributed by atoms with van der Waals surface area (Å²) >= 11 is 1.79. The Morgan fingerprint density at radius 1 is 1.30 bits per heavy atom. The lowest BCUT2D eigenvalue weighted by Gasteiger charge is -2.12. The molecule has 3 N–H and O–H groups in total. The van der Waals surface area contributed by atoms with Gasteiger partial charge in [0.1, 0.15) is 0 Å². The molecule has 0 bridgehead atoms. The van der Waals surface area contributed by atoms with E-state index in [0.29, 0.717) is 18.9 Å². The van der Waals surface area contributed by atoms with Gasteiger partial charge in [-0.05, 0) is 29.9 Å². The Balaban J connectivity index is 2.51. The standard InChI is InChI=1S/C17H28N4OS/c1-13(2)10-16(22)21-15-7-5-6-14(11-15)12-20-17(18-3)19-8-9-23-4/h5-7,11,13H,8-10,12H2,1-4H3,(H,21,22)(H2,18,19,20). The van der Waals surface area contributed by atoms with E-state index in [2.05, 4.69) is 27.2 Å². The van der Waals surface area contributed by atoms with E-state index in [9.17, 15) is 4.79 Å². The van der Waals surface area contributed by atoms with E-state index in [-0.39, 0.29) is 5.91 Å². The Kier molecular flexibility index (Phi) is 9.21. The van der Waals surface area contributed by atoms with Crippen LogP contribution in [0.2, 0.25) is 0 Å². The molecule has 0 aromatic heterocycles. The molecular formula is C17H28N4OS. The molecule has 1 aromatic rings. The Morgan fingerprint density at radius 3 is 2.74 bits per heavy atom. The number of guanidine groups is 1. The van der Waals surface area contributed by atoms with E-state index in [1.165, 1.54) is 0 Å². The van der Waals surface area contributed by atoms with E-state index in [1.54, 1.807) is 18.8 Å². The zero-order chi connectivity index (χ0) is 17.1. The number of nitrogens with zero attached hydrogens (tertiary/aromatic N) is 1. The molecule has 5 nitrogen and oxygen atoms in total. The van der Waals surface area contributed by atoms with E-state index in [1.807, 2.05) is 38.1 Å². The minimum absolute atomic E-state index is 0.0552. The molecule has 1 amide bonds. The second-order valence-electron chi connectivity index (χ2n) is 5.69. The predicted octanol–water partition coefficient (Wildman–Crippen LogP) is 2.70. The number of nitrogens with one attached hydrogen (secondary N) is 3. The second kappa shape index (κ2) is 10.9. The van der Waals surface area contributed by atoms with Crippen LogP contribution < -0.4 is 16.0 Å². The monoisotopic (exact) mass is 336 g/mol. The van der Waals surface area contributed by atoms with Crippen LogP contribution in [0.3, 0.4) is 0 Å². The number of benzene rings is 1. The van der Waals surface area contributed by atoms with Crippen LogP contribution in [0.15, 0.2) is 29.3 Å². The third kappa shape index (κ3) is 8.50. The Labute approximate surface area is 143 Å². The van der Waals surface area contributed by atoms with Gasteiger partial charge in [0.2, 0.25) is 5.91 Å². The first-order valence-corrected chi connectivity index (χ1v) is 9.26. The SMILES string of the molecule is CN=C(NCCSC)NCc1cccc(NC(=O)CC(C)C)c1. The lowest BCUT2D eigenvalue weighted by Crippen LogP contribution is -2.37. The van der Waals surface area contributed by atoms with E-state index < -0.39 is 0 Å². The van der Waals surface area contributed by atoms with Crippen molar-refractivity contribution in [2.45, 2.75) is 26.8 Å². The van der Waals surface area contributed by atoms with Gasteiger partial charge >= 0.3 is 0 Å². The van der Waals surface area contributed by atoms with Crippen molar-refractivity contribution in [2.24, 2.45) is 10.9 Å². The molecule has 0 fully saturated rings. The fourth-order valence-corrected chi connectivity index (χ4v) is 2.33. The molecule has 6 heteroatoms. The van der Waals surface area contributed by atoms with Gasteiger partial charge in [-0.25, -0.2) is 0 Å². The molecule has 0 spiro atoms. The zero-order valence-corrected chi connectivity index (χ0v) is 15.3. The maximum atomic E-state index is 11.8. The molecule has 0 unspecified atom stereocenters. The number of anilines is 1. The van der Waals surface area contributed by atoms with Crippen LogP contribution in [0, 0.1) is 5.92 Å². The first-order valence-electron chi connectivity index (χ1n) is 7.87. The molecule has 0 aliphatic heterocycles. The van der Waals surface area contributed by atoms with Crippen LogP contribution in [0.25, 0.3) is 0 Å². The maximum absolute atomic E-state index is 11.8. The lowest BCUT2D eigenvalue weighted by molar-refractivity contribution is -0.116. The number of carbonyl (C=O) groups excluding carboxylic acids is 1. The third-order valence-electron chi connectivity index (χ3n) is 3.09.